The summed E-state index contributed by atoms with van der Waals surface area (Å²) in [7, 11) is -4.11. The molecule has 35 heavy (non-hydrogen) atoms. The minimum absolute atomic E-state index is 0.0563. The summed E-state index contributed by atoms with van der Waals surface area (Å²) in [6, 6.07) is 9.80. The number of hydrogen-bond donors (Lipinski definition) is 0. The normalized spacial score (nSPS) is 20.4. The summed E-state index contributed by atoms with van der Waals surface area (Å²) < 4.78 is 19.3. The van der Waals surface area contributed by atoms with Crippen molar-refractivity contribution in [3.8, 4) is 17.6 Å². The molecule has 0 heterocycles. The Hall–Kier alpha value is -1.66. The molecule has 0 bridgehead atoms. The third-order valence-corrected chi connectivity index (χ3v) is 16.8. The van der Waals surface area contributed by atoms with Crippen molar-refractivity contribution in [2.45, 2.75) is 103 Å². The lowest BCUT2D eigenvalue weighted by molar-refractivity contribution is -0.115. The van der Waals surface area contributed by atoms with Gasteiger partial charge in [-0.15, -0.1) is 0 Å². The van der Waals surface area contributed by atoms with Crippen LogP contribution in [0.3, 0.4) is 0 Å². The van der Waals surface area contributed by atoms with E-state index in [-0.39, 0.29) is 34.0 Å². The van der Waals surface area contributed by atoms with Crippen molar-refractivity contribution in [3.05, 3.63) is 42.5 Å². The van der Waals surface area contributed by atoms with E-state index in [1.807, 2.05) is 30.3 Å². The molecular formula is C29H46O4Si2. The molecule has 0 amide bonds. The molecule has 0 N–H and O–H groups in total. The first-order valence-corrected chi connectivity index (χ1v) is 18.5. The third kappa shape index (κ3) is 7.91. The third-order valence-electron chi connectivity index (χ3n) is 7.78. The summed E-state index contributed by atoms with van der Waals surface area (Å²) in [5.41, 5.74) is 0.563. The first-order valence-electron chi connectivity index (χ1n) is 12.7. The molecule has 3 atom stereocenters. The van der Waals surface area contributed by atoms with Gasteiger partial charge in [0.15, 0.2) is 22.4 Å². The fourth-order valence-electron chi connectivity index (χ4n) is 3.35. The highest BCUT2D eigenvalue weighted by molar-refractivity contribution is 6.74. The zero-order valence-electron chi connectivity index (χ0n) is 23.6. The predicted molar refractivity (Wildman–Crippen MR) is 151 cm³/mol. The number of rotatable bonds is 8. The second kappa shape index (κ2) is 11.2. The van der Waals surface area contributed by atoms with Crippen LogP contribution in [0.5, 0.6) is 5.75 Å². The van der Waals surface area contributed by atoms with Crippen LogP contribution in [0.4, 0.5) is 0 Å². The van der Waals surface area contributed by atoms with Crippen LogP contribution in [0.15, 0.2) is 42.5 Å². The van der Waals surface area contributed by atoms with Gasteiger partial charge in [-0.1, -0.05) is 78.2 Å². The van der Waals surface area contributed by atoms with E-state index in [1.54, 1.807) is 0 Å². The number of Topliss-reactive ketones (excluding diaryl/α,β-unsaturated/α-hetero) is 1. The largest absolute Gasteiger partial charge is 0.493 e. The van der Waals surface area contributed by atoms with Gasteiger partial charge in [0.2, 0.25) is 0 Å². The highest BCUT2D eigenvalue weighted by atomic mass is 28.4. The van der Waals surface area contributed by atoms with Gasteiger partial charge < -0.3 is 13.6 Å². The number of benzene rings is 1. The van der Waals surface area contributed by atoms with Gasteiger partial charge in [0.1, 0.15) is 11.9 Å². The summed E-state index contributed by atoms with van der Waals surface area (Å²) in [6.45, 7) is 26.8. The number of carbonyl (C=O) groups excluding carboxylic acids is 1. The summed E-state index contributed by atoms with van der Waals surface area (Å²) in [6.07, 6.45) is 0.485. The van der Waals surface area contributed by atoms with Crippen LogP contribution in [0.25, 0.3) is 0 Å². The van der Waals surface area contributed by atoms with Gasteiger partial charge in [0.05, 0.1) is 18.6 Å². The van der Waals surface area contributed by atoms with Gasteiger partial charge in [0.25, 0.3) is 0 Å². The second-order valence-corrected chi connectivity index (χ2v) is 22.2. The fourth-order valence-corrected chi connectivity index (χ4v) is 5.92. The Bertz CT molecular complexity index is 943. The SMILES string of the molecule is C=C1C(=O)C[C@@H](O[Si](C)(C)C(C)(C)C)[C@@H]1C#C[C@@H](CCOc1ccccc1)O[Si](C)(C)C(C)(C)C. The molecule has 0 aliphatic heterocycles. The van der Waals surface area contributed by atoms with Gasteiger partial charge in [-0.25, -0.2) is 0 Å². The van der Waals surface area contributed by atoms with Crippen molar-refractivity contribution in [2.75, 3.05) is 6.61 Å². The number of ketones is 1. The van der Waals surface area contributed by atoms with Gasteiger partial charge in [-0.2, -0.15) is 0 Å². The molecule has 0 radical (unpaired) electrons. The van der Waals surface area contributed by atoms with Crippen molar-refractivity contribution >= 4 is 22.4 Å². The van der Waals surface area contributed by atoms with Crippen LogP contribution in [-0.2, 0) is 13.6 Å². The van der Waals surface area contributed by atoms with Crippen LogP contribution in [0, 0.1) is 17.8 Å². The summed E-state index contributed by atoms with van der Waals surface area (Å²) >= 11 is 0. The van der Waals surface area contributed by atoms with Gasteiger partial charge in [-0.05, 0) is 48.4 Å². The molecule has 2 rings (SSSR count). The van der Waals surface area contributed by atoms with E-state index in [2.05, 4.69) is 86.2 Å². The molecule has 1 aliphatic rings. The van der Waals surface area contributed by atoms with Crippen LogP contribution < -0.4 is 4.74 Å². The average molecular weight is 515 g/mol. The van der Waals surface area contributed by atoms with Gasteiger partial charge in [0, 0.05) is 18.4 Å². The van der Waals surface area contributed by atoms with Crippen LogP contribution in [-0.4, -0.2) is 41.2 Å². The molecule has 1 aromatic carbocycles. The monoisotopic (exact) mass is 514 g/mol. The highest BCUT2D eigenvalue weighted by Crippen LogP contribution is 2.41. The Balaban J connectivity index is 2.25. The maximum absolute atomic E-state index is 12.6. The van der Waals surface area contributed by atoms with Gasteiger partial charge >= 0.3 is 0 Å². The summed E-state index contributed by atoms with van der Waals surface area (Å²) in [4.78, 5) is 12.6. The maximum Gasteiger partial charge on any atom is 0.193 e. The Morgan fingerprint density at radius 3 is 2.11 bits per heavy atom. The van der Waals surface area contributed by atoms with E-state index in [4.69, 9.17) is 13.6 Å². The molecule has 194 valence electrons. The first kappa shape index (κ1) is 29.6. The molecule has 4 nitrogen and oxygen atoms in total. The smallest absolute Gasteiger partial charge is 0.193 e. The Morgan fingerprint density at radius 1 is 1.00 bits per heavy atom. The zero-order valence-corrected chi connectivity index (χ0v) is 25.6. The Morgan fingerprint density at radius 2 is 1.57 bits per heavy atom. The molecule has 0 aromatic heterocycles. The predicted octanol–water partition coefficient (Wildman–Crippen LogP) is 7.38. The van der Waals surface area contributed by atoms with Crippen LogP contribution >= 0.6 is 0 Å². The minimum atomic E-state index is -2.06. The molecule has 1 aromatic rings. The van der Waals surface area contributed by atoms with Crippen molar-refractivity contribution in [3.63, 3.8) is 0 Å². The summed E-state index contributed by atoms with van der Waals surface area (Å²) in [5, 5.41) is 0.120. The number of para-hydroxylation sites is 1. The molecule has 0 unspecified atom stereocenters. The van der Waals surface area contributed by atoms with Crippen LogP contribution in [0.1, 0.15) is 54.4 Å². The van der Waals surface area contributed by atoms with Crippen molar-refractivity contribution in [1.82, 2.24) is 0 Å². The summed E-state index contributed by atoms with van der Waals surface area (Å²) in [5.74, 6) is 7.36. The molecule has 1 saturated carbocycles. The second-order valence-electron chi connectivity index (χ2n) is 12.7. The molecule has 1 fully saturated rings. The topological polar surface area (TPSA) is 44.8 Å². The quantitative estimate of drug-likeness (QED) is 0.206. The van der Waals surface area contributed by atoms with Crippen molar-refractivity contribution < 1.29 is 18.4 Å². The molecule has 6 heteroatoms. The Labute approximate surface area is 216 Å². The minimum Gasteiger partial charge on any atom is -0.493 e. The zero-order chi connectivity index (χ0) is 26.7. The maximum atomic E-state index is 12.6. The molecule has 0 spiro atoms. The lowest BCUT2D eigenvalue weighted by Gasteiger charge is -2.39. The molecular weight excluding hydrogens is 468 g/mol. The average Bonchev–Trinajstić information content (AvgIpc) is 2.97. The fraction of sp³-hybridized carbons (Fsp3) is 0.621. The van der Waals surface area contributed by atoms with Crippen molar-refractivity contribution in [1.29, 1.82) is 0 Å². The van der Waals surface area contributed by atoms with Gasteiger partial charge in [-0.3, -0.25) is 4.79 Å². The van der Waals surface area contributed by atoms with E-state index in [0.29, 0.717) is 25.0 Å². The number of carbonyl (C=O) groups is 1. The number of hydrogen-bond acceptors (Lipinski definition) is 4. The number of ether oxygens (including phenoxy) is 1. The standard InChI is InChI=1S/C29H46O4Si2/c1-22-25(27(21-26(22)30)33-35(10,11)29(5,6)7)18-17-24(32-34(8,9)28(2,3)4)19-20-31-23-15-13-12-14-16-23/h12-16,24-25,27H,1,19-21H2,2-11H3/t24-,25+,27+/m0/s1. The van der Waals surface area contributed by atoms with Crippen molar-refractivity contribution in [2.24, 2.45) is 5.92 Å². The molecule has 1 aliphatic carbocycles. The van der Waals surface area contributed by atoms with E-state index < -0.39 is 16.6 Å². The van der Waals surface area contributed by atoms with Crippen LogP contribution in [0.2, 0.25) is 36.3 Å². The van der Waals surface area contributed by atoms with E-state index in [1.165, 1.54) is 0 Å². The van der Waals surface area contributed by atoms with E-state index >= 15 is 0 Å². The van der Waals surface area contributed by atoms with E-state index in [9.17, 15) is 4.79 Å². The highest BCUT2D eigenvalue weighted by Gasteiger charge is 2.45. The Kier molecular flexibility index (Phi) is 9.44. The molecule has 0 saturated heterocycles. The lowest BCUT2D eigenvalue weighted by Crippen LogP contribution is -2.45. The first-order chi connectivity index (χ1) is 15.9. The lowest BCUT2D eigenvalue weighted by atomic mass is 10.0. The van der Waals surface area contributed by atoms with E-state index in [0.717, 1.165) is 5.75 Å².